The summed E-state index contributed by atoms with van der Waals surface area (Å²) >= 11 is 0. The third-order valence-electron chi connectivity index (χ3n) is 3.10. The Morgan fingerprint density at radius 3 is 2.72 bits per heavy atom. The van der Waals surface area contributed by atoms with Crippen LogP contribution in [0.2, 0.25) is 0 Å². The molecular weight excluding hydrogens is 228 g/mol. The fourth-order valence-electron chi connectivity index (χ4n) is 2.23. The molecule has 1 atom stereocenters. The molecule has 0 aliphatic rings. The van der Waals surface area contributed by atoms with E-state index in [0.717, 1.165) is 12.1 Å². The SMILES string of the molecule is CCCC(C)(CN(C)Cc1ccccn1)C(=O)O. The van der Waals surface area contributed by atoms with Crippen molar-refractivity contribution in [1.29, 1.82) is 0 Å². The standard InChI is InChI=1S/C14H22N2O2/c1-4-8-14(2,13(17)18)11-16(3)10-12-7-5-6-9-15-12/h5-7,9H,4,8,10-11H2,1-3H3,(H,17,18). The number of carbonyl (C=O) groups is 1. The second kappa shape index (κ2) is 6.50. The number of carboxylic acids is 1. The Labute approximate surface area is 109 Å². The highest BCUT2D eigenvalue weighted by Crippen LogP contribution is 2.25. The lowest BCUT2D eigenvalue weighted by atomic mass is 9.85. The summed E-state index contributed by atoms with van der Waals surface area (Å²) in [6.45, 7) is 5.04. The molecule has 0 amide bonds. The summed E-state index contributed by atoms with van der Waals surface area (Å²) in [4.78, 5) is 17.6. The summed E-state index contributed by atoms with van der Waals surface area (Å²) in [5.74, 6) is -0.725. The van der Waals surface area contributed by atoms with E-state index in [2.05, 4.69) is 4.98 Å². The Hall–Kier alpha value is -1.42. The average molecular weight is 250 g/mol. The van der Waals surface area contributed by atoms with Crippen molar-refractivity contribution in [2.45, 2.75) is 33.2 Å². The quantitative estimate of drug-likeness (QED) is 0.807. The summed E-state index contributed by atoms with van der Waals surface area (Å²) in [7, 11) is 1.94. The van der Waals surface area contributed by atoms with E-state index in [1.54, 1.807) is 6.20 Å². The molecule has 0 saturated carbocycles. The highest BCUT2D eigenvalue weighted by atomic mass is 16.4. The van der Waals surface area contributed by atoms with E-state index in [1.165, 1.54) is 0 Å². The van der Waals surface area contributed by atoms with Crippen LogP contribution in [0.15, 0.2) is 24.4 Å². The first-order valence-corrected chi connectivity index (χ1v) is 6.30. The van der Waals surface area contributed by atoms with Crippen LogP contribution in [0.3, 0.4) is 0 Å². The predicted molar refractivity (Wildman–Crippen MR) is 71.2 cm³/mol. The van der Waals surface area contributed by atoms with Crippen LogP contribution in [0, 0.1) is 5.41 Å². The third-order valence-corrected chi connectivity index (χ3v) is 3.10. The number of carboxylic acid groups (broad SMARTS) is 1. The summed E-state index contributed by atoms with van der Waals surface area (Å²) in [6.07, 6.45) is 3.32. The molecule has 1 aromatic heterocycles. The van der Waals surface area contributed by atoms with Crippen molar-refractivity contribution in [1.82, 2.24) is 9.88 Å². The van der Waals surface area contributed by atoms with Crippen LogP contribution in [-0.4, -0.2) is 34.6 Å². The molecule has 4 heteroatoms. The number of nitrogens with zero attached hydrogens (tertiary/aromatic N) is 2. The number of aromatic nitrogens is 1. The molecule has 0 fully saturated rings. The molecule has 100 valence electrons. The molecule has 1 rings (SSSR count). The van der Waals surface area contributed by atoms with Crippen LogP contribution in [0.1, 0.15) is 32.4 Å². The van der Waals surface area contributed by atoms with E-state index >= 15 is 0 Å². The Kier molecular flexibility index (Phi) is 5.28. The minimum absolute atomic E-state index is 0.534. The van der Waals surface area contributed by atoms with Crippen molar-refractivity contribution in [2.75, 3.05) is 13.6 Å². The van der Waals surface area contributed by atoms with E-state index in [-0.39, 0.29) is 0 Å². The van der Waals surface area contributed by atoms with Gasteiger partial charge in [-0.3, -0.25) is 14.7 Å². The number of hydrogen-bond donors (Lipinski definition) is 1. The normalized spacial score (nSPS) is 14.4. The monoisotopic (exact) mass is 250 g/mol. The van der Waals surface area contributed by atoms with Gasteiger partial charge in [0.2, 0.25) is 0 Å². The maximum atomic E-state index is 11.4. The maximum absolute atomic E-state index is 11.4. The molecular formula is C14H22N2O2. The number of aliphatic carboxylic acids is 1. The third kappa shape index (κ3) is 4.11. The number of rotatable bonds is 7. The molecule has 0 bridgehead atoms. The van der Waals surface area contributed by atoms with E-state index in [1.807, 2.05) is 44.0 Å². The van der Waals surface area contributed by atoms with Gasteiger partial charge in [-0.15, -0.1) is 0 Å². The van der Waals surface area contributed by atoms with E-state index in [9.17, 15) is 9.90 Å². The molecule has 1 unspecified atom stereocenters. The molecule has 0 radical (unpaired) electrons. The molecule has 1 heterocycles. The molecule has 18 heavy (non-hydrogen) atoms. The zero-order valence-corrected chi connectivity index (χ0v) is 11.4. The number of pyridine rings is 1. The Morgan fingerprint density at radius 2 is 2.22 bits per heavy atom. The maximum Gasteiger partial charge on any atom is 0.310 e. The van der Waals surface area contributed by atoms with Crippen LogP contribution in [-0.2, 0) is 11.3 Å². The smallest absolute Gasteiger partial charge is 0.310 e. The van der Waals surface area contributed by atoms with Crippen molar-refractivity contribution in [3.8, 4) is 0 Å². The van der Waals surface area contributed by atoms with E-state index in [0.29, 0.717) is 19.5 Å². The minimum atomic E-state index is -0.725. The first-order chi connectivity index (χ1) is 8.48. The number of hydrogen-bond acceptors (Lipinski definition) is 3. The molecule has 1 N–H and O–H groups in total. The van der Waals surface area contributed by atoms with Crippen molar-refractivity contribution in [3.05, 3.63) is 30.1 Å². The summed E-state index contributed by atoms with van der Waals surface area (Å²) in [5.41, 5.74) is 0.280. The van der Waals surface area contributed by atoms with Gasteiger partial charge in [0.25, 0.3) is 0 Å². The van der Waals surface area contributed by atoms with Gasteiger partial charge in [0.05, 0.1) is 11.1 Å². The lowest BCUT2D eigenvalue weighted by molar-refractivity contribution is -0.149. The van der Waals surface area contributed by atoms with Gasteiger partial charge in [-0.2, -0.15) is 0 Å². The van der Waals surface area contributed by atoms with Gasteiger partial charge in [0, 0.05) is 19.3 Å². The molecule has 0 aliphatic carbocycles. The van der Waals surface area contributed by atoms with Gasteiger partial charge in [0.15, 0.2) is 0 Å². The highest BCUT2D eigenvalue weighted by Gasteiger charge is 2.33. The van der Waals surface area contributed by atoms with Gasteiger partial charge in [-0.1, -0.05) is 19.4 Å². The molecule has 0 saturated heterocycles. The molecule has 1 aromatic rings. The second-order valence-electron chi connectivity index (χ2n) is 5.11. The molecule has 0 spiro atoms. The Bertz CT molecular complexity index is 381. The fourth-order valence-corrected chi connectivity index (χ4v) is 2.23. The van der Waals surface area contributed by atoms with Gasteiger partial charge in [-0.05, 0) is 32.5 Å². The van der Waals surface area contributed by atoms with Gasteiger partial charge >= 0.3 is 5.97 Å². The minimum Gasteiger partial charge on any atom is -0.481 e. The van der Waals surface area contributed by atoms with Gasteiger partial charge < -0.3 is 5.11 Å². The summed E-state index contributed by atoms with van der Waals surface area (Å²) in [5, 5.41) is 9.34. The van der Waals surface area contributed by atoms with Crippen LogP contribution in [0.4, 0.5) is 0 Å². The first kappa shape index (κ1) is 14.6. The summed E-state index contributed by atoms with van der Waals surface area (Å²) in [6, 6.07) is 5.77. The second-order valence-corrected chi connectivity index (χ2v) is 5.11. The molecule has 0 aliphatic heterocycles. The van der Waals surface area contributed by atoms with Gasteiger partial charge in [-0.25, -0.2) is 0 Å². The zero-order valence-electron chi connectivity index (χ0n) is 11.4. The van der Waals surface area contributed by atoms with Crippen LogP contribution in [0.25, 0.3) is 0 Å². The fraction of sp³-hybridized carbons (Fsp3) is 0.571. The van der Waals surface area contributed by atoms with Crippen molar-refractivity contribution >= 4 is 5.97 Å². The van der Waals surface area contributed by atoms with Crippen molar-refractivity contribution in [2.24, 2.45) is 5.41 Å². The van der Waals surface area contributed by atoms with Crippen molar-refractivity contribution < 1.29 is 9.90 Å². The largest absolute Gasteiger partial charge is 0.481 e. The topological polar surface area (TPSA) is 53.4 Å². The lowest BCUT2D eigenvalue weighted by Gasteiger charge is -2.29. The molecule has 4 nitrogen and oxygen atoms in total. The lowest BCUT2D eigenvalue weighted by Crippen LogP contribution is -2.39. The van der Waals surface area contributed by atoms with E-state index < -0.39 is 11.4 Å². The van der Waals surface area contributed by atoms with E-state index in [4.69, 9.17) is 0 Å². The zero-order chi connectivity index (χ0) is 13.6. The predicted octanol–water partition coefficient (Wildman–Crippen LogP) is 2.40. The van der Waals surface area contributed by atoms with Crippen molar-refractivity contribution in [3.63, 3.8) is 0 Å². The van der Waals surface area contributed by atoms with Crippen LogP contribution < -0.4 is 0 Å². The molecule has 0 aromatic carbocycles. The van der Waals surface area contributed by atoms with Crippen LogP contribution in [0.5, 0.6) is 0 Å². The highest BCUT2D eigenvalue weighted by molar-refractivity contribution is 5.74. The first-order valence-electron chi connectivity index (χ1n) is 6.30. The van der Waals surface area contributed by atoms with Crippen LogP contribution >= 0.6 is 0 Å². The summed E-state index contributed by atoms with van der Waals surface area (Å²) < 4.78 is 0. The average Bonchev–Trinajstić information content (AvgIpc) is 2.30. The Balaban J connectivity index is 2.62. The van der Waals surface area contributed by atoms with Gasteiger partial charge in [0.1, 0.15) is 0 Å². The Morgan fingerprint density at radius 1 is 1.50 bits per heavy atom.